The quantitative estimate of drug-likeness (QED) is 0.0186. The van der Waals surface area contributed by atoms with Crippen LogP contribution in [-0.4, -0.2) is 47.6 Å². The summed E-state index contributed by atoms with van der Waals surface area (Å²) in [7, 11) is -9.30. The highest BCUT2D eigenvalue weighted by atomic mass is 32.2. The number of aromatic hydroxyl groups is 2. The smallest absolute Gasteiger partial charge is 0.296 e. The Bertz CT molecular complexity index is 3700. The molecule has 0 atom stereocenters. The Morgan fingerprint density at radius 3 is 1.01 bits per heavy atom. The highest BCUT2D eigenvalue weighted by Gasteiger charge is 2.21. The van der Waals surface area contributed by atoms with Gasteiger partial charge in [0.25, 0.3) is 20.2 Å². The van der Waals surface area contributed by atoms with Crippen molar-refractivity contribution in [3.63, 3.8) is 0 Å². The molecule has 8 aromatic carbocycles. The van der Waals surface area contributed by atoms with Crippen molar-refractivity contribution in [2.24, 2.45) is 9.98 Å². The topological polar surface area (TPSA) is 272 Å². The highest BCUT2D eigenvalue weighted by Crippen LogP contribution is 2.38. The first-order valence-electron chi connectivity index (χ1n) is 22.6. The number of benzene rings is 8. The number of rotatable bonds is 16. The minimum Gasteiger partial charge on any atom is -0.506 e. The van der Waals surface area contributed by atoms with Crippen LogP contribution in [0.1, 0.15) is 5.56 Å². The molecule has 372 valence electrons. The van der Waals surface area contributed by atoms with E-state index in [4.69, 9.17) is 15.7 Å². The molecule has 0 radical (unpaired) electrons. The lowest BCUT2D eigenvalue weighted by Gasteiger charge is -2.16. The Morgan fingerprint density at radius 1 is 0.378 bits per heavy atom. The molecule has 0 unspecified atom stereocenters. The normalized spacial score (nSPS) is 12.2. The zero-order valence-electron chi connectivity index (χ0n) is 39.2. The second kappa shape index (κ2) is 21.1. The van der Waals surface area contributed by atoms with Crippen molar-refractivity contribution in [1.82, 2.24) is 0 Å². The number of hydrogen-bond acceptors (Lipinski definition) is 15. The average Bonchev–Trinajstić information content (AvgIpc) is 3.37. The van der Waals surface area contributed by atoms with Gasteiger partial charge in [-0.3, -0.25) is 9.11 Å². The summed E-state index contributed by atoms with van der Waals surface area (Å²) in [5.41, 5.74) is 16.1. The van der Waals surface area contributed by atoms with E-state index in [1.807, 2.05) is 128 Å². The van der Waals surface area contributed by atoms with Gasteiger partial charge in [0.15, 0.2) is 0 Å². The Labute approximate surface area is 426 Å². The zero-order chi connectivity index (χ0) is 52.0. The van der Waals surface area contributed by atoms with Crippen LogP contribution in [0, 0.1) is 6.92 Å². The van der Waals surface area contributed by atoms with Crippen molar-refractivity contribution in [2.75, 3.05) is 37.6 Å². The molecule has 0 spiro atoms. The van der Waals surface area contributed by atoms with E-state index in [9.17, 15) is 36.2 Å². The van der Waals surface area contributed by atoms with Crippen molar-refractivity contribution in [3.8, 4) is 11.5 Å². The summed E-state index contributed by atoms with van der Waals surface area (Å²) in [5, 5.41) is 39.8. The van der Waals surface area contributed by atoms with Gasteiger partial charge in [-0.15, -0.1) is 0 Å². The number of nitrogens with zero attached hydrogens (tertiary/aromatic N) is 2. The van der Waals surface area contributed by atoms with E-state index in [-0.39, 0.29) is 34.2 Å². The molecule has 17 nitrogen and oxygen atoms in total. The number of anilines is 13. The van der Waals surface area contributed by atoms with Gasteiger partial charge in [-0.25, -0.2) is 9.98 Å². The summed E-state index contributed by atoms with van der Waals surface area (Å²) in [6.07, 6.45) is 7.53. The SMILES string of the molecule is Cc1ccc(Nc2ccc(Nc3cc(O)c(Nc4ccc(Nc5ccc(N=C6C=CC(=Nc7ccc(Nc8ccc(Nc9cc(O)c(N)cc9S(=O)(=O)O)cc8)cc7)C=C6)cc5)cc4)cc3S(=O)(=O)O)cc2)cc1. The number of nitrogens with two attached hydrogens (primary N) is 1. The molecule has 74 heavy (non-hydrogen) atoms. The third-order valence-corrected chi connectivity index (χ3v) is 13.1. The fraction of sp³-hybridized carbons (Fsp3) is 0.0182. The van der Waals surface area contributed by atoms with Gasteiger partial charge in [-0.1, -0.05) is 17.7 Å². The predicted molar refractivity (Wildman–Crippen MR) is 296 cm³/mol. The van der Waals surface area contributed by atoms with Gasteiger partial charge in [0.2, 0.25) is 0 Å². The molecule has 1 aliphatic carbocycles. The number of nitrogen functional groups attached to an aromatic ring is 1. The Balaban J connectivity index is 0.758. The van der Waals surface area contributed by atoms with Gasteiger partial charge in [-0.2, -0.15) is 16.8 Å². The summed E-state index contributed by atoms with van der Waals surface area (Å²) < 4.78 is 68.5. The van der Waals surface area contributed by atoms with Crippen LogP contribution in [0.25, 0.3) is 0 Å². The number of phenolic OH excluding ortho intramolecular Hbond substituents is 2. The van der Waals surface area contributed by atoms with Crippen molar-refractivity contribution in [2.45, 2.75) is 16.7 Å². The van der Waals surface area contributed by atoms with E-state index in [2.05, 4.69) is 31.9 Å². The Morgan fingerprint density at radius 2 is 0.662 bits per heavy atom. The number of hydrogen-bond donors (Lipinski definition) is 11. The molecular weight excluding hydrogens is 979 g/mol. The van der Waals surface area contributed by atoms with E-state index in [1.165, 1.54) is 12.1 Å². The van der Waals surface area contributed by atoms with Gasteiger partial charge in [0.05, 0.1) is 45.5 Å². The van der Waals surface area contributed by atoms with Crippen LogP contribution in [0.15, 0.2) is 214 Å². The second-order valence-corrected chi connectivity index (χ2v) is 19.7. The molecule has 19 heteroatoms. The fourth-order valence-corrected chi connectivity index (χ4v) is 8.85. The molecule has 0 heterocycles. The number of nitrogens with one attached hydrogen (secondary N) is 6. The zero-order valence-corrected chi connectivity index (χ0v) is 40.8. The first-order chi connectivity index (χ1) is 35.4. The number of allylic oxidation sites excluding steroid dienone is 4. The van der Waals surface area contributed by atoms with Crippen LogP contribution < -0.4 is 37.6 Å². The second-order valence-electron chi connectivity index (χ2n) is 16.9. The van der Waals surface area contributed by atoms with Gasteiger partial charge >= 0.3 is 0 Å². The molecule has 0 bridgehead atoms. The lowest BCUT2D eigenvalue weighted by atomic mass is 10.1. The molecule has 0 aromatic heterocycles. The van der Waals surface area contributed by atoms with Gasteiger partial charge in [-0.05, 0) is 177 Å². The monoisotopic (exact) mass is 1030 g/mol. The molecule has 0 amide bonds. The highest BCUT2D eigenvalue weighted by molar-refractivity contribution is 7.86. The first-order valence-corrected chi connectivity index (χ1v) is 25.5. The summed E-state index contributed by atoms with van der Waals surface area (Å²) >= 11 is 0. The number of phenols is 2. The van der Waals surface area contributed by atoms with Crippen LogP contribution in [0.3, 0.4) is 0 Å². The third kappa shape index (κ3) is 12.7. The first kappa shape index (κ1) is 49.6. The van der Waals surface area contributed by atoms with Crippen LogP contribution in [-0.2, 0) is 20.2 Å². The summed E-state index contributed by atoms with van der Waals surface area (Å²) in [5.74, 6) is -0.570. The maximum absolute atomic E-state index is 12.5. The maximum Gasteiger partial charge on any atom is 0.296 e. The fourth-order valence-electron chi connectivity index (χ4n) is 7.53. The summed E-state index contributed by atoms with van der Waals surface area (Å²) in [6.45, 7) is 2.01. The van der Waals surface area contributed by atoms with Gasteiger partial charge in [0.1, 0.15) is 21.3 Å². The number of aliphatic imine (C=N–C) groups is 2. The van der Waals surface area contributed by atoms with Crippen LogP contribution >= 0.6 is 0 Å². The predicted octanol–water partition coefficient (Wildman–Crippen LogP) is 12.9. The van der Waals surface area contributed by atoms with Crippen molar-refractivity contribution >= 4 is 117 Å². The van der Waals surface area contributed by atoms with Gasteiger partial charge < -0.3 is 47.8 Å². The van der Waals surface area contributed by atoms with E-state index in [0.29, 0.717) is 17.1 Å². The van der Waals surface area contributed by atoms with E-state index in [1.54, 1.807) is 48.5 Å². The van der Waals surface area contributed by atoms with Crippen molar-refractivity contribution < 1.29 is 36.2 Å². The largest absolute Gasteiger partial charge is 0.506 e. The maximum atomic E-state index is 12.5. The van der Waals surface area contributed by atoms with E-state index >= 15 is 0 Å². The Kier molecular flexibility index (Phi) is 14.2. The molecule has 9 rings (SSSR count). The number of aryl methyl sites for hydroxylation is 1. The molecule has 0 aliphatic heterocycles. The van der Waals surface area contributed by atoms with E-state index in [0.717, 1.165) is 74.6 Å². The minimum atomic E-state index is -4.70. The van der Waals surface area contributed by atoms with Crippen LogP contribution in [0.4, 0.5) is 85.3 Å². The summed E-state index contributed by atoms with van der Waals surface area (Å²) in [4.78, 5) is 8.58. The molecule has 0 saturated heterocycles. The third-order valence-electron chi connectivity index (χ3n) is 11.3. The lowest BCUT2D eigenvalue weighted by molar-refractivity contribution is 0.473. The molecule has 0 fully saturated rings. The van der Waals surface area contributed by atoms with Crippen LogP contribution in [0.5, 0.6) is 11.5 Å². The lowest BCUT2D eigenvalue weighted by Crippen LogP contribution is -2.05. The molecule has 0 saturated carbocycles. The molecule has 1 aliphatic rings. The summed E-state index contributed by atoms with van der Waals surface area (Å²) in [6, 6.07) is 48.9. The Hall–Kier alpha value is -9.40. The standard InChI is InChI=1S/C55H47N9O8S2/c1-34-2-4-35(5-3-34)57-42-20-28-47(29-21-42)64-51-32-53(66)49(33-55(51)74(70,71)72)62-45-24-18-43(19-25-45)60-40-14-10-38(11-15-40)58-36-6-8-37(9-7-36)59-39-12-16-41(17-13-39)61-44-22-26-46(27-23-44)63-50-31-52(65)48(56)30-54(50)73(67,68)69/h2-33,57,60-66H,56H2,1H3,(H,67,68,69)(H,70,71,72). The van der Waals surface area contributed by atoms with Gasteiger partial charge in [0, 0.05) is 63.3 Å². The molecule has 8 aromatic rings. The van der Waals surface area contributed by atoms with Crippen molar-refractivity contribution in [1.29, 1.82) is 0 Å². The molecular formula is C55H47N9O8S2. The molecule has 12 N–H and O–H groups in total. The average molecular weight is 1030 g/mol. The minimum absolute atomic E-state index is 0.00271. The van der Waals surface area contributed by atoms with Crippen LogP contribution in [0.2, 0.25) is 0 Å². The van der Waals surface area contributed by atoms with E-state index < -0.39 is 30.0 Å². The van der Waals surface area contributed by atoms with Crippen molar-refractivity contribution in [3.05, 3.63) is 200 Å².